The Morgan fingerprint density at radius 3 is 2.47 bits per heavy atom. The lowest BCUT2D eigenvalue weighted by atomic mass is 9.46. The fourth-order valence-electron chi connectivity index (χ4n) is 9.25. The Kier molecular flexibility index (Phi) is 6.40. The van der Waals surface area contributed by atoms with Crippen molar-refractivity contribution in [3.8, 4) is 0 Å². The van der Waals surface area contributed by atoms with Gasteiger partial charge in [-0.05, 0) is 97.5 Å². The number of nitro benzene ring substituents is 1. The molecule has 2 unspecified atom stereocenters. The average Bonchev–Trinajstić information content (AvgIpc) is 3.22. The van der Waals surface area contributed by atoms with Gasteiger partial charge in [-0.3, -0.25) is 14.9 Å². The second-order valence-electron chi connectivity index (χ2n) is 12.6. The molecule has 1 aromatic rings. The molecule has 8 atom stereocenters. The van der Waals surface area contributed by atoms with Crippen molar-refractivity contribution in [2.45, 2.75) is 78.2 Å². The second kappa shape index (κ2) is 9.14. The van der Waals surface area contributed by atoms with Gasteiger partial charge in [0.25, 0.3) is 5.69 Å². The van der Waals surface area contributed by atoms with Gasteiger partial charge in [0.05, 0.1) is 17.1 Å². The maximum absolute atomic E-state index is 12.6. The SMILES string of the molecule is CC(COC(=O)c1ccc([N+](=O)[O-])cc1)[C@H]1CC[C@H]2[C@@H]3CCC4N(C)C(=O)CC[C@]4(C)[C@H]3CC[C@]12C. The average molecular weight is 497 g/mol. The van der Waals surface area contributed by atoms with Crippen LogP contribution in [0.2, 0.25) is 0 Å². The zero-order valence-corrected chi connectivity index (χ0v) is 22.1. The summed E-state index contributed by atoms with van der Waals surface area (Å²) in [4.78, 5) is 37.5. The minimum Gasteiger partial charge on any atom is -0.462 e. The first kappa shape index (κ1) is 25.2. The zero-order valence-electron chi connectivity index (χ0n) is 22.1. The topological polar surface area (TPSA) is 89.8 Å². The number of fused-ring (bicyclic) bond motifs is 5. The summed E-state index contributed by atoms with van der Waals surface area (Å²) in [6.45, 7) is 7.55. The van der Waals surface area contributed by atoms with Crippen LogP contribution in [0.25, 0.3) is 0 Å². The number of hydrogen-bond acceptors (Lipinski definition) is 5. The molecule has 4 fully saturated rings. The number of carbonyl (C=O) groups excluding carboxylic acids is 2. The van der Waals surface area contributed by atoms with Crippen molar-refractivity contribution < 1.29 is 19.2 Å². The normalized spacial score (nSPS) is 38.5. The van der Waals surface area contributed by atoms with E-state index >= 15 is 0 Å². The van der Waals surface area contributed by atoms with E-state index in [1.54, 1.807) is 0 Å². The first-order valence-electron chi connectivity index (χ1n) is 13.7. The highest BCUT2D eigenvalue weighted by Gasteiger charge is 2.61. The summed E-state index contributed by atoms with van der Waals surface area (Å²) in [6.07, 6.45) is 8.94. The maximum atomic E-state index is 12.6. The molecule has 0 aromatic heterocycles. The number of amides is 1. The molecule has 0 spiro atoms. The molecule has 36 heavy (non-hydrogen) atoms. The maximum Gasteiger partial charge on any atom is 0.338 e. The number of rotatable bonds is 5. The lowest BCUT2D eigenvalue weighted by Crippen LogP contribution is -2.61. The van der Waals surface area contributed by atoms with Crippen LogP contribution in [0.15, 0.2) is 24.3 Å². The van der Waals surface area contributed by atoms with Crippen LogP contribution in [0.4, 0.5) is 5.69 Å². The number of piperidine rings is 1. The minimum atomic E-state index is -0.470. The van der Waals surface area contributed by atoms with E-state index in [0.29, 0.717) is 48.3 Å². The number of benzene rings is 1. The summed E-state index contributed by atoms with van der Waals surface area (Å²) in [7, 11) is 2.02. The molecule has 1 saturated heterocycles. The van der Waals surface area contributed by atoms with E-state index in [0.717, 1.165) is 18.8 Å². The number of nitrogens with zero attached hydrogens (tertiary/aromatic N) is 2. The Labute approximate surface area is 214 Å². The number of non-ortho nitro benzene ring substituents is 1. The van der Waals surface area contributed by atoms with Crippen molar-refractivity contribution in [3.05, 3.63) is 39.9 Å². The Hall–Kier alpha value is -2.44. The number of carbonyl (C=O) groups is 2. The third kappa shape index (κ3) is 3.93. The van der Waals surface area contributed by atoms with Gasteiger partial charge < -0.3 is 9.64 Å². The van der Waals surface area contributed by atoms with Crippen LogP contribution in [0.5, 0.6) is 0 Å². The first-order valence-corrected chi connectivity index (χ1v) is 13.7. The van der Waals surface area contributed by atoms with E-state index in [1.807, 2.05) is 7.05 Å². The lowest BCUT2D eigenvalue weighted by Gasteiger charge is -2.62. The summed E-state index contributed by atoms with van der Waals surface area (Å²) in [5, 5.41) is 10.9. The highest BCUT2D eigenvalue weighted by atomic mass is 16.6. The number of likely N-dealkylation sites (tertiary alicyclic amines) is 1. The van der Waals surface area contributed by atoms with Crippen molar-refractivity contribution in [1.29, 1.82) is 0 Å². The van der Waals surface area contributed by atoms with Gasteiger partial charge in [-0.25, -0.2) is 4.79 Å². The second-order valence-corrected chi connectivity index (χ2v) is 12.6. The number of hydrogen-bond donors (Lipinski definition) is 0. The molecular weight excluding hydrogens is 456 g/mol. The van der Waals surface area contributed by atoms with Crippen molar-refractivity contribution in [2.75, 3.05) is 13.7 Å². The first-order chi connectivity index (χ1) is 17.1. The predicted molar refractivity (Wildman–Crippen MR) is 136 cm³/mol. The van der Waals surface area contributed by atoms with Crippen LogP contribution in [-0.2, 0) is 9.53 Å². The Morgan fingerprint density at radius 1 is 1.08 bits per heavy atom. The molecule has 4 aliphatic rings. The van der Waals surface area contributed by atoms with Crippen molar-refractivity contribution in [1.82, 2.24) is 4.90 Å². The van der Waals surface area contributed by atoms with Crippen molar-refractivity contribution in [2.24, 2.45) is 40.4 Å². The predicted octanol–water partition coefficient (Wildman–Crippen LogP) is 5.87. The zero-order chi connectivity index (χ0) is 25.8. The number of esters is 1. The fraction of sp³-hybridized carbons (Fsp3) is 0.724. The van der Waals surface area contributed by atoms with Gasteiger partial charge in [-0.2, -0.15) is 0 Å². The van der Waals surface area contributed by atoms with Gasteiger partial charge in [-0.1, -0.05) is 20.8 Å². The molecule has 196 valence electrons. The number of ether oxygens (including phenoxy) is 1. The van der Waals surface area contributed by atoms with Crippen molar-refractivity contribution in [3.63, 3.8) is 0 Å². The third-order valence-electron chi connectivity index (χ3n) is 11.1. The van der Waals surface area contributed by atoms with Crippen LogP contribution >= 0.6 is 0 Å². The van der Waals surface area contributed by atoms with E-state index in [1.165, 1.54) is 56.4 Å². The molecule has 0 N–H and O–H groups in total. The van der Waals surface area contributed by atoms with Gasteiger partial charge in [-0.15, -0.1) is 0 Å². The summed E-state index contributed by atoms with van der Waals surface area (Å²) in [5.74, 6) is 2.82. The Bertz CT molecular complexity index is 1040. The molecule has 3 saturated carbocycles. The molecular formula is C29H40N2O5. The molecule has 7 nitrogen and oxygen atoms in total. The molecule has 5 rings (SSSR count). The molecule has 1 amide bonds. The van der Waals surface area contributed by atoms with E-state index in [2.05, 4.69) is 25.7 Å². The largest absolute Gasteiger partial charge is 0.462 e. The molecule has 0 radical (unpaired) electrons. The van der Waals surface area contributed by atoms with Crippen LogP contribution < -0.4 is 0 Å². The molecule has 0 bridgehead atoms. The van der Waals surface area contributed by atoms with Gasteiger partial charge in [0.1, 0.15) is 0 Å². The Morgan fingerprint density at radius 2 is 1.78 bits per heavy atom. The monoisotopic (exact) mass is 496 g/mol. The molecule has 7 heteroatoms. The molecule has 1 heterocycles. The highest BCUT2D eigenvalue weighted by molar-refractivity contribution is 5.89. The Balaban J connectivity index is 1.24. The third-order valence-corrected chi connectivity index (χ3v) is 11.1. The standard InChI is InChI=1S/C29H40N2O5/c1-18(17-36-27(33)19-5-7-20(8-6-19)31(34)35)22-10-11-23-21-9-12-25-29(3,16-14-26(32)30(25)4)24(21)13-15-28(22,23)2/h5-8,18,21-25H,9-17H2,1-4H3/t18?,21-,22+,23-,24-,25?,28+,29+/m0/s1. The van der Waals surface area contributed by atoms with Crippen LogP contribution in [-0.4, -0.2) is 41.4 Å². The van der Waals surface area contributed by atoms with E-state index < -0.39 is 10.9 Å². The summed E-state index contributed by atoms with van der Waals surface area (Å²) in [5.41, 5.74) is 0.816. The van der Waals surface area contributed by atoms with E-state index in [-0.39, 0.29) is 22.4 Å². The minimum absolute atomic E-state index is 0.0326. The van der Waals surface area contributed by atoms with Crippen LogP contribution in [0.3, 0.4) is 0 Å². The quantitative estimate of drug-likeness (QED) is 0.289. The summed E-state index contributed by atoms with van der Waals surface area (Å²) < 4.78 is 5.70. The fourth-order valence-corrected chi connectivity index (χ4v) is 9.25. The smallest absolute Gasteiger partial charge is 0.338 e. The molecule has 3 aliphatic carbocycles. The van der Waals surface area contributed by atoms with Crippen LogP contribution in [0.1, 0.15) is 82.5 Å². The molecule has 1 aromatic carbocycles. The summed E-state index contributed by atoms with van der Waals surface area (Å²) >= 11 is 0. The molecule has 1 aliphatic heterocycles. The highest BCUT2D eigenvalue weighted by Crippen LogP contribution is 2.67. The van der Waals surface area contributed by atoms with Gasteiger partial charge >= 0.3 is 5.97 Å². The lowest BCUT2D eigenvalue weighted by molar-refractivity contribution is -0.384. The van der Waals surface area contributed by atoms with E-state index in [4.69, 9.17) is 4.74 Å². The van der Waals surface area contributed by atoms with Crippen molar-refractivity contribution >= 4 is 17.6 Å². The number of nitro groups is 1. The van der Waals surface area contributed by atoms with Gasteiger partial charge in [0.2, 0.25) is 5.91 Å². The van der Waals surface area contributed by atoms with E-state index in [9.17, 15) is 19.7 Å². The van der Waals surface area contributed by atoms with Crippen LogP contribution in [0, 0.1) is 50.5 Å². The summed E-state index contributed by atoms with van der Waals surface area (Å²) in [6, 6.07) is 6.00. The van der Waals surface area contributed by atoms with Gasteiger partial charge in [0.15, 0.2) is 0 Å². The van der Waals surface area contributed by atoms with Gasteiger partial charge in [0, 0.05) is 31.6 Å².